The van der Waals surface area contributed by atoms with Crippen molar-refractivity contribution in [3.63, 3.8) is 0 Å². The minimum atomic E-state index is -3.62. The van der Waals surface area contributed by atoms with Gasteiger partial charge in [-0.2, -0.15) is 9.57 Å². The number of methoxy groups -OCH3 is 1. The first-order chi connectivity index (χ1) is 17.3. The highest BCUT2D eigenvalue weighted by Crippen LogP contribution is 2.26. The van der Waals surface area contributed by atoms with Gasteiger partial charge in [0.25, 0.3) is 10.0 Å². The molecule has 0 N–H and O–H groups in total. The second-order valence-electron chi connectivity index (χ2n) is 8.83. The van der Waals surface area contributed by atoms with Crippen molar-refractivity contribution in [3.8, 4) is 11.8 Å². The molecule has 0 saturated carbocycles. The van der Waals surface area contributed by atoms with Gasteiger partial charge >= 0.3 is 0 Å². The Kier molecular flexibility index (Phi) is 8.06. The number of benzene rings is 2. The lowest BCUT2D eigenvalue weighted by molar-refractivity contribution is 0.00762. The van der Waals surface area contributed by atoms with Crippen LogP contribution in [0.15, 0.2) is 59.8 Å². The molecule has 2 heterocycles. The molecule has 0 radical (unpaired) electrons. The third-order valence-corrected chi connectivity index (χ3v) is 8.22. The molecular formula is C26H31N5O4S. The summed E-state index contributed by atoms with van der Waals surface area (Å²) in [5, 5.41) is 9.12. The highest BCUT2D eigenvalue weighted by Gasteiger charge is 2.31. The molecule has 1 fully saturated rings. The van der Waals surface area contributed by atoms with Gasteiger partial charge in [-0.3, -0.25) is 4.90 Å². The van der Waals surface area contributed by atoms with Crippen LogP contribution in [0.4, 0.5) is 0 Å². The molecular weight excluding hydrogens is 478 g/mol. The average Bonchev–Trinajstić information content (AvgIpc) is 3.25. The molecule has 10 heteroatoms. The van der Waals surface area contributed by atoms with Gasteiger partial charge in [0.05, 0.1) is 31.5 Å². The van der Waals surface area contributed by atoms with Gasteiger partial charge in [-0.05, 0) is 42.3 Å². The number of imidazole rings is 1. The molecule has 0 aliphatic carbocycles. The Bertz CT molecular complexity index is 1300. The number of nitrogens with zero attached hydrogens (tertiary/aromatic N) is 5. The second-order valence-corrected chi connectivity index (χ2v) is 10.7. The van der Waals surface area contributed by atoms with Crippen LogP contribution < -0.4 is 4.74 Å². The lowest BCUT2D eigenvalue weighted by Crippen LogP contribution is -2.49. The fourth-order valence-corrected chi connectivity index (χ4v) is 5.59. The maximum Gasteiger partial charge on any atom is 0.262 e. The molecule has 1 unspecified atom stereocenters. The number of piperazine rings is 1. The minimum Gasteiger partial charge on any atom is -0.497 e. The number of sulfonamides is 1. The van der Waals surface area contributed by atoms with Crippen molar-refractivity contribution in [2.45, 2.75) is 24.7 Å². The largest absolute Gasteiger partial charge is 0.497 e. The molecule has 0 bridgehead atoms. The molecule has 3 aromatic rings. The predicted molar refractivity (Wildman–Crippen MR) is 135 cm³/mol. The Hall–Kier alpha value is -3.23. The van der Waals surface area contributed by atoms with Crippen LogP contribution in [0.5, 0.6) is 5.75 Å². The Morgan fingerprint density at radius 1 is 1.11 bits per heavy atom. The van der Waals surface area contributed by atoms with E-state index in [1.807, 2.05) is 36.4 Å². The van der Waals surface area contributed by atoms with Gasteiger partial charge in [0.1, 0.15) is 11.6 Å². The fraction of sp³-hybridized carbons (Fsp3) is 0.385. The fourth-order valence-electron chi connectivity index (χ4n) is 4.14. The van der Waals surface area contributed by atoms with Gasteiger partial charge < -0.3 is 14.0 Å². The van der Waals surface area contributed by atoms with E-state index in [4.69, 9.17) is 14.7 Å². The van der Waals surface area contributed by atoms with Crippen molar-refractivity contribution in [2.24, 2.45) is 7.05 Å². The quantitative estimate of drug-likeness (QED) is 0.437. The van der Waals surface area contributed by atoms with Gasteiger partial charge in [0, 0.05) is 46.0 Å². The Morgan fingerprint density at radius 2 is 1.83 bits per heavy atom. The minimum absolute atomic E-state index is 0.0935. The van der Waals surface area contributed by atoms with Crippen LogP contribution in [0.25, 0.3) is 0 Å². The average molecular weight is 510 g/mol. The van der Waals surface area contributed by atoms with Gasteiger partial charge in [-0.15, -0.1) is 0 Å². The van der Waals surface area contributed by atoms with E-state index in [1.165, 1.54) is 4.31 Å². The number of hydrogen-bond acceptors (Lipinski definition) is 7. The zero-order valence-corrected chi connectivity index (χ0v) is 21.6. The molecule has 9 nitrogen and oxygen atoms in total. The molecule has 1 aliphatic rings. The van der Waals surface area contributed by atoms with E-state index in [9.17, 15) is 8.42 Å². The van der Waals surface area contributed by atoms with Crippen LogP contribution in [0.2, 0.25) is 0 Å². The molecule has 36 heavy (non-hydrogen) atoms. The van der Waals surface area contributed by atoms with E-state index in [0.717, 1.165) is 16.9 Å². The number of ether oxygens (including phenoxy) is 2. The molecule has 4 rings (SSSR count). The molecule has 0 amide bonds. The first-order valence-corrected chi connectivity index (χ1v) is 13.2. The van der Waals surface area contributed by atoms with E-state index >= 15 is 0 Å². The van der Waals surface area contributed by atoms with Gasteiger partial charge in [-0.1, -0.05) is 24.3 Å². The lowest BCUT2D eigenvalue weighted by atomic mass is 10.1. The van der Waals surface area contributed by atoms with Crippen molar-refractivity contribution >= 4 is 10.0 Å². The summed E-state index contributed by atoms with van der Waals surface area (Å²) >= 11 is 0. The normalized spacial score (nSPS) is 15.9. The van der Waals surface area contributed by atoms with E-state index in [2.05, 4.69) is 16.0 Å². The summed E-state index contributed by atoms with van der Waals surface area (Å²) in [7, 11) is -0.204. The molecule has 2 aromatic carbocycles. The molecule has 1 atom stereocenters. The highest BCUT2D eigenvalue weighted by atomic mass is 32.2. The SMILES string of the molecule is COc1cccc(C(CN2CCN(S(=O)(=O)c3cn(C)c(C)n3)CC2)OCc2ccc(C#N)cc2)c1. The summed E-state index contributed by atoms with van der Waals surface area (Å²) in [5.74, 6) is 1.41. The highest BCUT2D eigenvalue weighted by molar-refractivity contribution is 7.89. The second kappa shape index (κ2) is 11.2. The summed E-state index contributed by atoms with van der Waals surface area (Å²) in [5.41, 5.74) is 2.57. The molecule has 0 spiro atoms. The van der Waals surface area contributed by atoms with Crippen LogP contribution in [0.1, 0.15) is 28.6 Å². The van der Waals surface area contributed by atoms with Gasteiger partial charge in [0.2, 0.25) is 0 Å². The number of aromatic nitrogens is 2. The monoisotopic (exact) mass is 509 g/mol. The number of nitriles is 1. The Morgan fingerprint density at radius 3 is 2.44 bits per heavy atom. The summed E-state index contributed by atoms with van der Waals surface area (Å²) in [4.78, 5) is 6.44. The maximum absolute atomic E-state index is 13.1. The van der Waals surface area contributed by atoms with Crippen LogP contribution in [0, 0.1) is 18.3 Å². The van der Waals surface area contributed by atoms with E-state index < -0.39 is 10.0 Å². The first-order valence-electron chi connectivity index (χ1n) is 11.8. The summed E-state index contributed by atoms with van der Waals surface area (Å²) < 4.78 is 41.1. The van der Waals surface area contributed by atoms with Gasteiger partial charge in [0.15, 0.2) is 5.03 Å². The number of hydrogen-bond donors (Lipinski definition) is 0. The standard InChI is InChI=1S/C26H31N5O4S/c1-20-28-26(18-29(20)2)36(32,33)31-13-11-30(12-14-31)17-25(23-5-4-6-24(15-23)34-3)35-19-22-9-7-21(16-27)8-10-22/h4-10,15,18,25H,11-14,17,19H2,1-3H3. The zero-order chi connectivity index (χ0) is 25.7. The van der Waals surface area contributed by atoms with Crippen molar-refractivity contribution in [1.82, 2.24) is 18.8 Å². The summed E-state index contributed by atoms with van der Waals surface area (Å²) in [6, 6.07) is 17.3. The van der Waals surface area contributed by atoms with Crippen molar-refractivity contribution < 1.29 is 17.9 Å². The predicted octanol–water partition coefficient (Wildman–Crippen LogP) is 2.87. The lowest BCUT2D eigenvalue weighted by Gasteiger charge is -2.35. The Balaban J connectivity index is 1.44. The van der Waals surface area contributed by atoms with Crippen LogP contribution in [-0.2, 0) is 28.4 Å². The van der Waals surface area contributed by atoms with Crippen molar-refractivity contribution in [2.75, 3.05) is 39.8 Å². The van der Waals surface area contributed by atoms with E-state index in [-0.39, 0.29) is 11.1 Å². The third-order valence-electron chi connectivity index (χ3n) is 6.45. The molecule has 190 valence electrons. The van der Waals surface area contributed by atoms with Crippen molar-refractivity contribution in [1.29, 1.82) is 5.26 Å². The molecule has 1 saturated heterocycles. The first kappa shape index (κ1) is 25.9. The number of aryl methyl sites for hydroxylation is 2. The van der Waals surface area contributed by atoms with Crippen LogP contribution in [-0.4, -0.2) is 67.0 Å². The number of rotatable bonds is 9. The molecule has 1 aliphatic heterocycles. The van der Waals surface area contributed by atoms with E-state index in [0.29, 0.717) is 50.7 Å². The van der Waals surface area contributed by atoms with Crippen LogP contribution in [0.3, 0.4) is 0 Å². The van der Waals surface area contributed by atoms with E-state index in [1.54, 1.807) is 44.0 Å². The zero-order valence-electron chi connectivity index (χ0n) is 20.8. The summed E-state index contributed by atoms with van der Waals surface area (Å²) in [6.07, 6.45) is 1.32. The Labute approximate surface area is 212 Å². The smallest absolute Gasteiger partial charge is 0.262 e. The van der Waals surface area contributed by atoms with Crippen LogP contribution >= 0.6 is 0 Å². The third kappa shape index (κ3) is 5.94. The summed E-state index contributed by atoms with van der Waals surface area (Å²) in [6.45, 7) is 4.74. The molecule has 1 aromatic heterocycles. The topological polar surface area (TPSA) is 101 Å². The van der Waals surface area contributed by atoms with Crippen molar-refractivity contribution in [3.05, 3.63) is 77.2 Å². The van der Waals surface area contributed by atoms with Gasteiger partial charge in [-0.25, -0.2) is 13.4 Å². The maximum atomic E-state index is 13.1.